The van der Waals surface area contributed by atoms with Gasteiger partial charge in [-0.1, -0.05) is 13.8 Å². The highest BCUT2D eigenvalue weighted by Crippen LogP contribution is 2.21. The third kappa shape index (κ3) is 3.35. The SMILES string of the molecule is CC(=O)c1ccc(F)cc1OCC(C)C. The summed E-state index contributed by atoms with van der Waals surface area (Å²) in [5.74, 6) is 0.164. The van der Waals surface area contributed by atoms with Crippen LogP contribution in [0.2, 0.25) is 0 Å². The Balaban J connectivity index is 2.92. The minimum atomic E-state index is -0.390. The minimum Gasteiger partial charge on any atom is -0.492 e. The first-order chi connectivity index (χ1) is 7.00. The van der Waals surface area contributed by atoms with E-state index in [-0.39, 0.29) is 5.78 Å². The molecule has 1 aromatic rings. The van der Waals surface area contributed by atoms with E-state index in [2.05, 4.69) is 0 Å². The van der Waals surface area contributed by atoms with Gasteiger partial charge in [-0.25, -0.2) is 4.39 Å². The average molecular weight is 210 g/mol. The first-order valence-electron chi connectivity index (χ1n) is 4.94. The second-order valence-corrected chi connectivity index (χ2v) is 3.90. The van der Waals surface area contributed by atoms with Crippen LogP contribution in [0.15, 0.2) is 18.2 Å². The summed E-state index contributed by atoms with van der Waals surface area (Å²) in [4.78, 5) is 11.2. The molecule has 0 unspecified atom stereocenters. The van der Waals surface area contributed by atoms with E-state index in [1.54, 1.807) is 0 Å². The number of carbonyl (C=O) groups is 1. The van der Waals surface area contributed by atoms with E-state index < -0.39 is 5.82 Å². The summed E-state index contributed by atoms with van der Waals surface area (Å²) in [5.41, 5.74) is 0.428. The third-order valence-corrected chi connectivity index (χ3v) is 1.90. The minimum absolute atomic E-state index is 0.117. The van der Waals surface area contributed by atoms with Crippen molar-refractivity contribution in [1.29, 1.82) is 0 Å². The lowest BCUT2D eigenvalue weighted by atomic mass is 10.1. The van der Waals surface area contributed by atoms with Gasteiger partial charge < -0.3 is 4.74 Å². The van der Waals surface area contributed by atoms with Gasteiger partial charge in [0.1, 0.15) is 11.6 Å². The van der Waals surface area contributed by atoms with Crippen molar-refractivity contribution in [3.05, 3.63) is 29.6 Å². The number of hydrogen-bond donors (Lipinski definition) is 0. The smallest absolute Gasteiger partial charge is 0.163 e. The van der Waals surface area contributed by atoms with Gasteiger partial charge in [0.15, 0.2) is 5.78 Å². The highest BCUT2D eigenvalue weighted by atomic mass is 19.1. The molecule has 0 fully saturated rings. The predicted molar refractivity (Wildman–Crippen MR) is 56.7 cm³/mol. The number of ketones is 1. The van der Waals surface area contributed by atoms with Crippen LogP contribution in [-0.2, 0) is 0 Å². The van der Waals surface area contributed by atoms with Crippen molar-refractivity contribution < 1.29 is 13.9 Å². The van der Waals surface area contributed by atoms with Gasteiger partial charge in [-0.2, -0.15) is 0 Å². The van der Waals surface area contributed by atoms with Crippen LogP contribution >= 0.6 is 0 Å². The number of ether oxygens (including phenoxy) is 1. The maximum atomic E-state index is 12.9. The molecular weight excluding hydrogens is 195 g/mol. The summed E-state index contributed by atoms with van der Waals surface area (Å²) in [5, 5.41) is 0. The molecule has 0 aromatic heterocycles. The van der Waals surface area contributed by atoms with Gasteiger partial charge in [-0.3, -0.25) is 4.79 Å². The lowest BCUT2D eigenvalue weighted by Gasteiger charge is -2.11. The van der Waals surface area contributed by atoms with Crippen LogP contribution in [0.3, 0.4) is 0 Å². The Bertz CT molecular complexity index is 359. The van der Waals surface area contributed by atoms with Crippen LogP contribution in [0.1, 0.15) is 31.1 Å². The standard InChI is InChI=1S/C12H15FO2/c1-8(2)7-15-12-6-10(13)4-5-11(12)9(3)14/h4-6,8H,7H2,1-3H3. The van der Waals surface area contributed by atoms with Crippen LogP contribution in [-0.4, -0.2) is 12.4 Å². The molecule has 0 saturated carbocycles. The van der Waals surface area contributed by atoms with Crippen molar-refractivity contribution in [2.24, 2.45) is 5.92 Å². The molecule has 0 aliphatic carbocycles. The molecule has 0 atom stereocenters. The molecule has 0 N–H and O–H groups in total. The van der Waals surface area contributed by atoms with Crippen molar-refractivity contribution in [1.82, 2.24) is 0 Å². The van der Waals surface area contributed by atoms with E-state index >= 15 is 0 Å². The monoisotopic (exact) mass is 210 g/mol. The van der Waals surface area contributed by atoms with Crippen LogP contribution in [0, 0.1) is 11.7 Å². The van der Waals surface area contributed by atoms with Crippen molar-refractivity contribution in [3.8, 4) is 5.75 Å². The quantitative estimate of drug-likeness (QED) is 0.714. The first kappa shape index (κ1) is 11.7. The Morgan fingerprint density at radius 2 is 2.13 bits per heavy atom. The highest BCUT2D eigenvalue weighted by Gasteiger charge is 2.10. The van der Waals surface area contributed by atoms with E-state index in [0.29, 0.717) is 23.8 Å². The summed E-state index contributed by atoms with van der Waals surface area (Å²) in [6.45, 7) is 5.90. The predicted octanol–water partition coefficient (Wildman–Crippen LogP) is 3.06. The van der Waals surface area contributed by atoms with Crippen molar-refractivity contribution in [2.45, 2.75) is 20.8 Å². The fourth-order valence-electron chi connectivity index (χ4n) is 1.16. The maximum Gasteiger partial charge on any atom is 0.163 e. The zero-order valence-electron chi connectivity index (χ0n) is 9.21. The molecule has 3 heteroatoms. The Labute approximate surface area is 89.1 Å². The Morgan fingerprint density at radius 1 is 1.47 bits per heavy atom. The lowest BCUT2D eigenvalue weighted by molar-refractivity contribution is 0.101. The second-order valence-electron chi connectivity index (χ2n) is 3.90. The molecule has 15 heavy (non-hydrogen) atoms. The summed E-state index contributed by atoms with van der Waals surface area (Å²) in [7, 11) is 0. The number of Topliss-reactive ketones (excluding diaryl/α,β-unsaturated/α-hetero) is 1. The van der Waals surface area contributed by atoms with Crippen LogP contribution in [0.5, 0.6) is 5.75 Å². The molecule has 0 amide bonds. The fraction of sp³-hybridized carbons (Fsp3) is 0.417. The second kappa shape index (κ2) is 4.91. The van der Waals surface area contributed by atoms with Crippen molar-refractivity contribution >= 4 is 5.78 Å². The topological polar surface area (TPSA) is 26.3 Å². The Morgan fingerprint density at radius 3 is 2.67 bits per heavy atom. The maximum absolute atomic E-state index is 12.9. The van der Waals surface area contributed by atoms with Crippen LogP contribution in [0.25, 0.3) is 0 Å². The molecule has 2 nitrogen and oxygen atoms in total. The molecule has 0 heterocycles. The lowest BCUT2D eigenvalue weighted by Crippen LogP contribution is -2.07. The molecule has 0 bridgehead atoms. The number of halogens is 1. The fourth-order valence-corrected chi connectivity index (χ4v) is 1.16. The van der Waals surface area contributed by atoms with Gasteiger partial charge >= 0.3 is 0 Å². The Kier molecular flexibility index (Phi) is 3.83. The molecule has 0 aliphatic rings. The zero-order valence-corrected chi connectivity index (χ0v) is 9.21. The van der Waals surface area contributed by atoms with Gasteiger partial charge in [0.2, 0.25) is 0 Å². The van der Waals surface area contributed by atoms with Gasteiger partial charge in [-0.05, 0) is 25.0 Å². The molecule has 0 radical (unpaired) electrons. The highest BCUT2D eigenvalue weighted by molar-refractivity contribution is 5.96. The van der Waals surface area contributed by atoms with Crippen LogP contribution in [0.4, 0.5) is 4.39 Å². The third-order valence-electron chi connectivity index (χ3n) is 1.90. The average Bonchev–Trinajstić information content (AvgIpc) is 2.14. The number of rotatable bonds is 4. The number of carbonyl (C=O) groups excluding carboxylic acids is 1. The normalized spacial score (nSPS) is 10.5. The number of benzene rings is 1. The van der Waals surface area contributed by atoms with Gasteiger partial charge in [0.05, 0.1) is 12.2 Å². The molecule has 82 valence electrons. The van der Waals surface area contributed by atoms with E-state index in [1.165, 1.54) is 25.1 Å². The summed E-state index contributed by atoms with van der Waals surface area (Å²) in [6, 6.07) is 3.96. The van der Waals surface area contributed by atoms with Crippen molar-refractivity contribution in [2.75, 3.05) is 6.61 Å². The summed E-state index contributed by atoms with van der Waals surface area (Å²) >= 11 is 0. The van der Waals surface area contributed by atoms with Gasteiger partial charge in [0.25, 0.3) is 0 Å². The molecular formula is C12H15FO2. The van der Waals surface area contributed by atoms with E-state index in [4.69, 9.17) is 4.74 Å². The Hall–Kier alpha value is -1.38. The largest absolute Gasteiger partial charge is 0.492 e. The summed E-state index contributed by atoms with van der Waals surface area (Å²) in [6.07, 6.45) is 0. The van der Waals surface area contributed by atoms with E-state index in [1.807, 2.05) is 13.8 Å². The molecule has 1 aromatic carbocycles. The zero-order chi connectivity index (χ0) is 11.4. The van der Waals surface area contributed by atoms with Gasteiger partial charge in [0, 0.05) is 6.07 Å². The van der Waals surface area contributed by atoms with Gasteiger partial charge in [-0.15, -0.1) is 0 Å². The molecule has 0 aliphatic heterocycles. The first-order valence-corrected chi connectivity index (χ1v) is 4.94. The number of hydrogen-bond acceptors (Lipinski definition) is 2. The van der Waals surface area contributed by atoms with E-state index in [9.17, 15) is 9.18 Å². The van der Waals surface area contributed by atoms with Crippen molar-refractivity contribution in [3.63, 3.8) is 0 Å². The van der Waals surface area contributed by atoms with Crippen LogP contribution < -0.4 is 4.74 Å². The molecule has 0 saturated heterocycles. The van der Waals surface area contributed by atoms with E-state index in [0.717, 1.165) is 0 Å². The molecule has 0 spiro atoms. The molecule has 1 rings (SSSR count). The summed E-state index contributed by atoms with van der Waals surface area (Å²) < 4.78 is 18.3.